The summed E-state index contributed by atoms with van der Waals surface area (Å²) in [4.78, 5) is 23.7. The number of amides is 1. The number of carbonyl (C=O) groups excluding carboxylic acids is 2. The normalized spacial score (nSPS) is 12.7. The predicted molar refractivity (Wildman–Crippen MR) is 134 cm³/mol. The molecule has 0 aromatic heterocycles. The molecule has 2 rings (SSSR count). The molecule has 14 heteroatoms. The Bertz CT molecular complexity index is 1080. The maximum Gasteiger partial charge on any atom is 0.357 e. The summed E-state index contributed by atoms with van der Waals surface area (Å²) in [5.41, 5.74) is 12.9. The van der Waals surface area contributed by atoms with E-state index in [0.29, 0.717) is 24.2 Å². The standard InChI is InChI=1S/C19H24N6O5S3/c20-10-12-3-1-2-4-16(12)22-19(32)24-23-17(27)9-13(11-26)18(31)21-14-5-7-15(8-6-14)25-33(28,29)30/h1-8,11,13,18,21,25,31H,9-10,20H2,(H,23,27)(H2,22,24,32)(H,28,29,30). The average molecular weight is 513 g/mol. The first-order chi connectivity index (χ1) is 15.6. The molecule has 0 aliphatic carbocycles. The molecule has 11 nitrogen and oxygen atoms in total. The number of hydrogen-bond acceptors (Lipinski definition) is 8. The molecule has 1 amide bonds. The molecule has 0 radical (unpaired) electrons. The van der Waals surface area contributed by atoms with E-state index in [1.807, 2.05) is 22.9 Å². The van der Waals surface area contributed by atoms with E-state index in [1.165, 1.54) is 24.3 Å². The minimum atomic E-state index is -4.38. The molecule has 2 aromatic carbocycles. The third-order valence-corrected chi connectivity index (χ3v) is 5.46. The van der Waals surface area contributed by atoms with Crippen LogP contribution < -0.4 is 31.9 Å². The van der Waals surface area contributed by atoms with Crippen LogP contribution >= 0.6 is 24.8 Å². The number of thiol groups is 1. The first-order valence-electron chi connectivity index (χ1n) is 9.50. The number of benzene rings is 2. The Balaban J connectivity index is 1.84. The number of nitrogens with one attached hydrogen (secondary N) is 5. The summed E-state index contributed by atoms with van der Waals surface area (Å²) in [7, 11) is -4.38. The van der Waals surface area contributed by atoms with E-state index in [-0.39, 0.29) is 17.2 Å². The van der Waals surface area contributed by atoms with Crippen molar-refractivity contribution in [1.82, 2.24) is 10.9 Å². The van der Waals surface area contributed by atoms with Crippen molar-refractivity contribution in [3.05, 3.63) is 54.1 Å². The molecule has 0 saturated carbocycles. The Hall–Kier alpha value is -2.91. The molecule has 178 valence electrons. The first kappa shape index (κ1) is 26.3. The summed E-state index contributed by atoms with van der Waals surface area (Å²) < 4.78 is 32.3. The van der Waals surface area contributed by atoms with Crippen molar-refractivity contribution in [3.63, 3.8) is 0 Å². The second kappa shape index (κ2) is 12.4. The summed E-state index contributed by atoms with van der Waals surface area (Å²) in [5.74, 6) is -1.28. The van der Waals surface area contributed by atoms with Crippen LogP contribution in [-0.4, -0.2) is 35.7 Å². The Labute approximate surface area is 202 Å². The van der Waals surface area contributed by atoms with Gasteiger partial charge in [-0.25, -0.2) is 0 Å². The average Bonchev–Trinajstić information content (AvgIpc) is 2.76. The van der Waals surface area contributed by atoms with Gasteiger partial charge < -0.3 is 21.2 Å². The van der Waals surface area contributed by atoms with Crippen molar-refractivity contribution in [2.24, 2.45) is 11.7 Å². The summed E-state index contributed by atoms with van der Waals surface area (Å²) in [6.07, 6.45) is 0.425. The minimum absolute atomic E-state index is 0.144. The monoisotopic (exact) mass is 512 g/mol. The van der Waals surface area contributed by atoms with Gasteiger partial charge in [0.1, 0.15) is 6.29 Å². The highest BCUT2D eigenvalue weighted by Gasteiger charge is 2.21. The molecule has 0 heterocycles. The van der Waals surface area contributed by atoms with Gasteiger partial charge in [-0.2, -0.15) is 21.0 Å². The number of hydrazine groups is 1. The lowest BCUT2D eigenvalue weighted by molar-refractivity contribution is -0.124. The quantitative estimate of drug-likeness (QED) is 0.0578. The van der Waals surface area contributed by atoms with Crippen LogP contribution in [0.3, 0.4) is 0 Å². The fourth-order valence-corrected chi connectivity index (χ4v) is 3.58. The highest BCUT2D eigenvalue weighted by Crippen LogP contribution is 2.20. The summed E-state index contributed by atoms with van der Waals surface area (Å²) in [6, 6.07) is 13.1. The molecule has 2 aromatic rings. The molecule has 0 fully saturated rings. The zero-order chi connectivity index (χ0) is 24.4. The number of anilines is 3. The van der Waals surface area contributed by atoms with Crippen molar-refractivity contribution < 1.29 is 22.6 Å². The second-order valence-corrected chi connectivity index (χ2v) is 8.86. The molecule has 0 saturated heterocycles. The Kier molecular flexibility index (Phi) is 9.87. The number of carbonyl (C=O) groups is 2. The maximum absolute atomic E-state index is 12.2. The van der Waals surface area contributed by atoms with Crippen molar-refractivity contribution in [3.8, 4) is 0 Å². The highest BCUT2D eigenvalue weighted by atomic mass is 32.2. The van der Waals surface area contributed by atoms with Crippen LogP contribution in [0.15, 0.2) is 48.5 Å². The molecule has 33 heavy (non-hydrogen) atoms. The van der Waals surface area contributed by atoms with E-state index in [0.717, 1.165) is 5.56 Å². The van der Waals surface area contributed by atoms with E-state index in [4.69, 9.17) is 22.5 Å². The molecule has 0 bridgehead atoms. The molecule has 0 spiro atoms. The highest BCUT2D eigenvalue weighted by molar-refractivity contribution is 7.87. The Morgan fingerprint density at radius 2 is 1.76 bits per heavy atom. The number of thiocarbonyl (C=S) groups is 1. The largest absolute Gasteiger partial charge is 0.373 e. The zero-order valence-electron chi connectivity index (χ0n) is 17.2. The number of rotatable bonds is 10. The summed E-state index contributed by atoms with van der Waals surface area (Å²) in [5, 5.41) is 5.30. The van der Waals surface area contributed by atoms with Crippen LogP contribution in [0, 0.1) is 5.92 Å². The van der Waals surface area contributed by atoms with Gasteiger partial charge in [0.15, 0.2) is 5.11 Å². The van der Waals surface area contributed by atoms with E-state index in [1.54, 1.807) is 6.07 Å². The molecule has 0 aliphatic heterocycles. The summed E-state index contributed by atoms with van der Waals surface area (Å²) >= 11 is 9.49. The van der Waals surface area contributed by atoms with Crippen LogP contribution in [0.1, 0.15) is 12.0 Å². The van der Waals surface area contributed by atoms with Crippen molar-refractivity contribution in [2.45, 2.75) is 18.3 Å². The number of hydrogen-bond donors (Lipinski definition) is 8. The third kappa shape index (κ3) is 9.23. The Morgan fingerprint density at radius 3 is 2.36 bits per heavy atom. The number of aldehydes is 1. The molecule has 0 aliphatic rings. The van der Waals surface area contributed by atoms with Crippen molar-refractivity contribution in [2.75, 3.05) is 15.4 Å². The molecule has 2 unspecified atom stereocenters. The van der Waals surface area contributed by atoms with E-state index < -0.39 is 27.5 Å². The van der Waals surface area contributed by atoms with Gasteiger partial charge >= 0.3 is 10.3 Å². The van der Waals surface area contributed by atoms with E-state index >= 15 is 0 Å². The lowest BCUT2D eigenvalue weighted by Gasteiger charge is -2.21. The topological polar surface area (TPSA) is 175 Å². The van der Waals surface area contributed by atoms with Crippen LogP contribution in [0.2, 0.25) is 0 Å². The molecular formula is C19H24N6O5S3. The molecule has 8 N–H and O–H groups in total. The SMILES string of the molecule is NCc1ccccc1NC(=S)NNC(=O)CC(C=O)C(S)Nc1ccc(NS(=O)(=O)O)cc1. The number of nitrogens with two attached hydrogens (primary N) is 1. The lowest BCUT2D eigenvalue weighted by atomic mass is 10.1. The van der Waals surface area contributed by atoms with Crippen LogP contribution in [0.25, 0.3) is 0 Å². The van der Waals surface area contributed by atoms with Gasteiger partial charge in [-0.1, -0.05) is 18.2 Å². The molecule has 2 atom stereocenters. The fraction of sp³-hybridized carbons (Fsp3) is 0.211. The fourth-order valence-electron chi connectivity index (χ4n) is 2.66. The van der Waals surface area contributed by atoms with Gasteiger partial charge in [0.2, 0.25) is 5.91 Å². The van der Waals surface area contributed by atoms with Crippen LogP contribution in [-0.2, 0) is 26.4 Å². The zero-order valence-corrected chi connectivity index (χ0v) is 19.7. The molecular weight excluding hydrogens is 488 g/mol. The maximum atomic E-state index is 12.2. The Morgan fingerprint density at radius 1 is 1.12 bits per heavy atom. The second-order valence-electron chi connectivity index (χ2n) is 6.74. The van der Waals surface area contributed by atoms with Gasteiger partial charge in [0, 0.05) is 24.3 Å². The summed E-state index contributed by atoms with van der Waals surface area (Å²) in [6.45, 7) is 0.315. The van der Waals surface area contributed by atoms with Crippen LogP contribution in [0.4, 0.5) is 17.1 Å². The van der Waals surface area contributed by atoms with Gasteiger partial charge in [0.25, 0.3) is 0 Å². The van der Waals surface area contributed by atoms with Crippen molar-refractivity contribution in [1.29, 1.82) is 0 Å². The van der Waals surface area contributed by atoms with E-state index in [2.05, 4.69) is 34.1 Å². The van der Waals surface area contributed by atoms with Crippen LogP contribution in [0.5, 0.6) is 0 Å². The first-order valence-corrected chi connectivity index (χ1v) is 11.9. The van der Waals surface area contributed by atoms with Gasteiger partial charge in [-0.3, -0.25) is 24.9 Å². The van der Waals surface area contributed by atoms with Gasteiger partial charge in [0.05, 0.1) is 17.0 Å². The minimum Gasteiger partial charge on any atom is -0.373 e. The smallest absolute Gasteiger partial charge is 0.357 e. The predicted octanol–water partition coefficient (Wildman–Crippen LogP) is 1.25. The van der Waals surface area contributed by atoms with Crippen molar-refractivity contribution >= 4 is 69.5 Å². The van der Waals surface area contributed by atoms with Gasteiger partial charge in [-0.05, 0) is 48.1 Å². The van der Waals surface area contributed by atoms with Gasteiger partial charge in [-0.15, -0.1) is 0 Å². The van der Waals surface area contributed by atoms with E-state index in [9.17, 15) is 18.0 Å². The lowest BCUT2D eigenvalue weighted by Crippen LogP contribution is -2.45. The number of para-hydroxylation sites is 1. The third-order valence-electron chi connectivity index (χ3n) is 4.25.